The predicted molar refractivity (Wildman–Crippen MR) is 189 cm³/mol. The summed E-state index contributed by atoms with van der Waals surface area (Å²) in [7, 11) is 0. The van der Waals surface area contributed by atoms with Crippen LogP contribution in [0.1, 0.15) is 104 Å². The first kappa shape index (κ1) is 36.5. The molecule has 2 aliphatic rings. The molecule has 4 aromatic rings. The Labute approximate surface area is 298 Å². The molecule has 0 fully saturated rings. The molecule has 2 aliphatic carbocycles. The second kappa shape index (κ2) is 13.7. The van der Waals surface area contributed by atoms with E-state index in [2.05, 4.69) is 154 Å². The molecule has 0 unspecified atom stereocenters. The van der Waals surface area contributed by atoms with Crippen LogP contribution < -0.4 is 28.1 Å². The number of fused-ring (bicyclic) bond motifs is 3. The molecule has 0 radical (unpaired) electrons. The van der Waals surface area contributed by atoms with E-state index in [0.29, 0.717) is 0 Å². The van der Waals surface area contributed by atoms with E-state index in [1.807, 2.05) is 0 Å². The van der Waals surface area contributed by atoms with Gasteiger partial charge in [0.25, 0.3) is 0 Å². The molecule has 0 N–H and O–H groups in total. The van der Waals surface area contributed by atoms with Crippen LogP contribution in [0.5, 0.6) is 0 Å². The monoisotopic (exact) mass is 724 g/mol. The zero-order chi connectivity index (χ0) is 31.6. The standard InChI is InChI=1S/C21H25.C17H18.C5H5.2ClH.Zr/c1-20(2,3)16-7-9-18-14(12-16)11-15-13-17(21(4,5)6)8-10-19(15)18;1-12-5-7-16(9-14(12)3)11-17-8-6-13(2)15(4)10-17;1-2-4-5-3-1;;;/h7-10,12H,11H2,1-6H3;5-10H,1-4H3;1-3H,4H2;2*1H;/q;;;;;+2/p-2. The second-order valence-corrected chi connectivity index (χ2v) is 21.1. The van der Waals surface area contributed by atoms with Crippen molar-refractivity contribution >= 4 is 6.48 Å². The van der Waals surface area contributed by atoms with Gasteiger partial charge in [0.1, 0.15) is 0 Å². The van der Waals surface area contributed by atoms with Crippen LogP contribution in [0.15, 0.2) is 88.2 Å². The van der Waals surface area contributed by atoms with Crippen LogP contribution in [0.25, 0.3) is 11.1 Å². The van der Waals surface area contributed by atoms with Gasteiger partial charge in [0.05, 0.1) is 0 Å². The number of allylic oxidation sites excluding steroid dienone is 4. The Kier molecular flexibility index (Phi) is 10.9. The molecule has 0 bridgehead atoms. The Hall–Kier alpha value is -2.31. The first-order chi connectivity index (χ1) is 20.7. The van der Waals surface area contributed by atoms with E-state index in [9.17, 15) is 0 Å². The summed E-state index contributed by atoms with van der Waals surface area (Å²) in [6, 6.07) is 26.7. The Balaban J connectivity index is 0.00000240. The van der Waals surface area contributed by atoms with Crippen molar-refractivity contribution in [3.63, 3.8) is 0 Å². The van der Waals surface area contributed by atoms with Crippen molar-refractivity contribution in [1.29, 1.82) is 0 Å². The zero-order valence-electron chi connectivity index (χ0n) is 29.3. The fraction of sp³-hybridized carbons (Fsp3) is 0.326. The van der Waals surface area contributed by atoms with E-state index in [1.165, 1.54) is 55.6 Å². The Morgan fingerprint density at radius 3 is 1.72 bits per heavy atom. The smallest absolute Gasteiger partial charge is 1.00 e. The van der Waals surface area contributed by atoms with E-state index < -0.39 is 21.3 Å². The minimum atomic E-state index is -2.80. The maximum atomic E-state index is 2.51. The molecule has 0 atom stereocenters. The molecule has 0 saturated heterocycles. The van der Waals surface area contributed by atoms with Gasteiger partial charge < -0.3 is 24.8 Å². The fourth-order valence-electron chi connectivity index (χ4n) is 6.98. The van der Waals surface area contributed by atoms with Gasteiger partial charge in [0, 0.05) is 0 Å². The molecular formula is C43H48Cl2Zr. The molecule has 0 saturated carbocycles. The summed E-state index contributed by atoms with van der Waals surface area (Å²) >= 11 is -2.80. The van der Waals surface area contributed by atoms with Crippen molar-refractivity contribution in [2.75, 3.05) is 0 Å². The van der Waals surface area contributed by atoms with Crippen molar-refractivity contribution in [3.8, 4) is 11.1 Å². The van der Waals surface area contributed by atoms with E-state index in [1.54, 1.807) is 20.9 Å². The Bertz CT molecular complexity index is 1850. The van der Waals surface area contributed by atoms with Crippen molar-refractivity contribution in [3.05, 3.63) is 144 Å². The van der Waals surface area contributed by atoms with E-state index >= 15 is 0 Å². The minimum absolute atomic E-state index is 0. The number of halogens is 2. The van der Waals surface area contributed by atoms with Gasteiger partial charge in [-0.05, 0) is 0 Å². The minimum Gasteiger partial charge on any atom is -1.00 e. The fourth-order valence-corrected chi connectivity index (χ4v) is 15.9. The molecule has 238 valence electrons. The summed E-state index contributed by atoms with van der Waals surface area (Å²) in [6.07, 6.45) is 9.30. The van der Waals surface area contributed by atoms with Crippen LogP contribution in [0.3, 0.4) is 0 Å². The SMILES string of the molecule is Cc1ccc([C](c2ccc(C)c(C)c2)=[Zr+2]([C]2=CC=CC2)[c]2c(C(C)(C)C)ccc3c2Cc2cc(C(C)(C)C)ccc2-3)cc1C.[Cl-].[Cl-]. The van der Waals surface area contributed by atoms with E-state index in [4.69, 9.17) is 0 Å². The summed E-state index contributed by atoms with van der Waals surface area (Å²) in [6.45, 7) is 23.3. The zero-order valence-corrected chi connectivity index (χ0v) is 33.2. The van der Waals surface area contributed by atoms with Gasteiger partial charge in [-0.3, -0.25) is 0 Å². The molecule has 0 aliphatic heterocycles. The summed E-state index contributed by atoms with van der Waals surface area (Å²) in [4.78, 5) is 0. The van der Waals surface area contributed by atoms with Crippen molar-refractivity contribution in [1.82, 2.24) is 0 Å². The third kappa shape index (κ3) is 6.81. The van der Waals surface area contributed by atoms with Crippen molar-refractivity contribution < 1.29 is 46.1 Å². The average Bonchev–Trinajstić information content (AvgIpc) is 3.61. The van der Waals surface area contributed by atoms with Crippen LogP contribution in [0, 0.1) is 27.7 Å². The van der Waals surface area contributed by atoms with E-state index in [-0.39, 0.29) is 35.6 Å². The number of benzene rings is 4. The quantitative estimate of drug-likeness (QED) is 0.257. The predicted octanol–water partition coefficient (Wildman–Crippen LogP) is 4.45. The van der Waals surface area contributed by atoms with E-state index in [0.717, 1.165) is 12.8 Å². The molecule has 0 nitrogen and oxygen atoms in total. The normalized spacial score (nSPS) is 13.2. The van der Waals surface area contributed by atoms with Crippen LogP contribution in [-0.2, 0) is 38.5 Å². The maximum Gasteiger partial charge on any atom is -1.00 e. The largest absolute Gasteiger partial charge is 1.00 e. The van der Waals surface area contributed by atoms with Crippen LogP contribution in [0.4, 0.5) is 0 Å². The van der Waals surface area contributed by atoms with Gasteiger partial charge in [0.15, 0.2) is 0 Å². The number of rotatable bonds is 4. The van der Waals surface area contributed by atoms with Crippen LogP contribution in [-0.4, -0.2) is 3.21 Å². The molecule has 46 heavy (non-hydrogen) atoms. The summed E-state index contributed by atoms with van der Waals surface area (Å²) in [5.74, 6) is 0. The third-order valence-electron chi connectivity index (χ3n) is 9.93. The number of hydrogen-bond acceptors (Lipinski definition) is 0. The number of hydrogen-bond donors (Lipinski definition) is 0. The maximum absolute atomic E-state index is 2.80. The summed E-state index contributed by atoms with van der Waals surface area (Å²) < 4.78 is 5.02. The summed E-state index contributed by atoms with van der Waals surface area (Å²) in [5, 5.41) is 0. The molecular weight excluding hydrogens is 679 g/mol. The van der Waals surface area contributed by atoms with Gasteiger partial charge in [0.2, 0.25) is 0 Å². The van der Waals surface area contributed by atoms with Crippen LogP contribution in [0.2, 0.25) is 0 Å². The second-order valence-electron chi connectivity index (χ2n) is 15.2. The average molecular weight is 727 g/mol. The third-order valence-corrected chi connectivity index (χ3v) is 17.7. The molecule has 0 spiro atoms. The van der Waals surface area contributed by atoms with Gasteiger partial charge in [-0.2, -0.15) is 0 Å². The Morgan fingerprint density at radius 2 is 1.22 bits per heavy atom. The van der Waals surface area contributed by atoms with Crippen LogP contribution >= 0.6 is 0 Å². The van der Waals surface area contributed by atoms with Crippen molar-refractivity contribution in [2.24, 2.45) is 0 Å². The molecule has 0 heterocycles. The van der Waals surface area contributed by atoms with Gasteiger partial charge in [-0.1, -0.05) is 0 Å². The Morgan fingerprint density at radius 1 is 0.630 bits per heavy atom. The first-order valence-electron chi connectivity index (χ1n) is 16.3. The first-order valence-corrected chi connectivity index (χ1v) is 20.0. The molecule has 0 amide bonds. The number of aryl methyl sites for hydroxylation is 4. The summed E-state index contributed by atoms with van der Waals surface area (Å²) in [5.41, 5.74) is 17.5. The molecule has 0 aromatic heterocycles. The van der Waals surface area contributed by atoms with Gasteiger partial charge in [-0.25, -0.2) is 0 Å². The molecule has 3 heteroatoms. The molecule has 4 aromatic carbocycles. The van der Waals surface area contributed by atoms with Gasteiger partial charge >= 0.3 is 276 Å². The topological polar surface area (TPSA) is 0 Å². The van der Waals surface area contributed by atoms with Crippen molar-refractivity contribution in [2.45, 2.75) is 92.9 Å². The molecule has 6 rings (SSSR count). The van der Waals surface area contributed by atoms with Gasteiger partial charge in [-0.15, -0.1) is 0 Å².